The summed E-state index contributed by atoms with van der Waals surface area (Å²) in [6.07, 6.45) is 10.1. The molecule has 0 N–H and O–H groups in total. The van der Waals surface area contributed by atoms with Crippen molar-refractivity contribution in [2.45, 2.75) is 89.4 Å². The standard InChI is InChI=1S/C37H38F6O/c1-3-5-6-7-26-16-17-27(33(39)32(26)38)22-8-10-23(11-9-22)28-18-19-29(35(41)34(28)40)24-12-14-25(15-13-24)30-20-21-31(44-4-2)37(43)36(30)42/h3,5,8,16-21,23-25H,4,6-7,9-15H2,1-2H3/b5-3+. The van der Waals surface area contributed by atoms with Gasteiger partial charge in [0, 0.05) is 5.56 Å². The maximum atomic E-state index is 15.4. The van der Waals surface area contributed by atoms with Crippen LogP contribution in [-0.4, -0.2) is 6.61 Å². The maximum Gasteiger partial charge on any atom is 0.200 e. The summed E-state index contributed by atoms with van der Waals surface area (Å²) >= 11 is 0. The number of hydrogen-bond donors (Lipinski definition) is 0. The van der Waals surface area contributed by atoms with Crippen molar-refractivity contribution in [2.75, 3.05) is 6.61 Å². The highest BCUT2D eigenvalue weighted by atomic mass is 19.2. The van der Waals surface area contributed by atoms with Gasteiger partial charge in [0.05, 0.1) is 6.61 Å². The summed E-state index contributed by atoms with van der Waals surface area (Å²) < 4.78 is 94.8. The molecule has 0 aliphatic heterocycles. The minimum absolute atomic E-state index is 0.115. The van der Waals surface area contributed by atoms with E-state index in [4.69, 9.17) is 4.74 Å². The fourth-order valence-corrected chi connectivity index (χ4v) is 6.85. The van der Waals surface area contributed by atoms with Crippen LogP contribution in [0.5, 0.6) is 5.75 Å². The summed E-state index contributed by atoms with van der Waals surface area (Å²) in [5, 5.41) is 0. The van der Waals surface area contributed by atoms with Crippen LogP contribution in [0.25, 0.3) is 5.57 Å². The number of benzene rings is 3. The predicted molar refractivity (Wildman–Crippen MR) is 162 cm³/mol. The van der Waals surface area contributed by atoms with Crippen LogP contribution in [0, 0.1) is 34.9 Å². The van der Waals surface area contributed by atoms with Crippen molar-refractivity contribution in [3.05, 3.63) is 117 Å². The zero-order valence-electron chi connectivity index (χ0n) is 25.2. The van der Waals surface area contributed by atoms with Crippen molar-refractivity contribution in [1.82, 2.24) is 0 Å². The third-order valence-corrected chi connectivity index (χ3v) is 9.30. The molecule has 1 unspecified atom stereocenters. The Kier molecular flexibility index (Phi) is 10.2. The average molecular weight is 613 g/mol. The van der Waals surface area contributed by atoms with Crippen molar-refractivity contribution in [3.63, 3.8) is 0 Å². The zero-order chi connectivity index (χ0) is 31.4. The maximum absolute atomic E-state index is 15.4. The SMILES string of the molecule is C/C=C/CCc1ccc(C2=CCC(c3ccc(C4CCC(c5ccc(OCC)c(F)c5F)CC4)c(F)c3F)CC2)c(F)c1F. The van der Waals surface area contributed by atoms with Gasteiger partial charge in [-0.3, -0.25) is 0 Å². The van der Waals surface area contributed by atoms with Gasteiger partial charge in [-0.1, -0.05) is 48.6 Å². The van der Waals surface area contributed by atoms with Gasteiger partial charge in [0.25, 0.3) is 0 Å². The predicted octanol–water partition coefficient (Wildman–Crippen LogP) is 11.2. The lowest BCUT2D eigenvalue weighted by Crippen LogP contribution is -2.16. The number of halogens is 6. The van der Waals surface area contributed by atoms with E-state index in [1.54, 1.807) is 43.3 Å². The van der Waals surface area contributed by atoms with Gasteiger partial charge >= 0.3 is 0 Å². The third-order valence-electron chi connectivity index (χ3n) is 9.30. The van der Waals surface area contributed by atoms with Crippen LogP contribution in [0.3, 0.4) is 0 Å². The fourth-order valence-electron chi connectivity index (χ4n) is 6.85. The molecule has 234 valence electrons. The summed E-state index contributed by atoms with van der Waals surface area (Å²) in [5.74, 6) is -6.14. The molecule has 44 heavy (non-hydrogen) atoms. The summed E-state index contributed by atoms with van der Waals surface area (Å²) in [4.78, 5) is 0. The molecule has 1 fully saturated rings. The highest BCUT2D eigenvalue weighted by molar-refractivity contribution is 5.67. The fraction of sp³-hybridized carbons (Fsp3) is 0.405. The quantitative estimate of drug-likeness (QED) is 0.173. The molecular weight excluding hydrogens is 574 g/mol. The molecule has 0 saturated heterocycles. The van der Waals surface area contributed by atoms with E-state index in [-0.39, 0.29) is 41.2 Å². The van der Waals surface area contributed by atoms with Gasteiger partial charge in [-0.2, -0.15) is 4.39 Å². The van der Waals surface area contributed by atoms with Crippen LogP contribution in [-0.2, 0) is 6.42 Å². The Labute approximate surface area is 255 Å². The Balaban J connectivity index is 1.25. The van der Waals surface area contributed by atoms with Crippen LogP contribution in [0.4, 0.5) is 26.3 Å². The summed E-state index contributed by atoms with van der Waals surface area (Å²) in [5.41, 5.74) is 2.12. The minimum Gasteiger partial charge on any atom is -0.491 e. The highest BCUT2D eigenvalue weighted by Crippen LogP contribution is 2.45. The molecule has 1 atom stereocenters. The molecular formula is C37H38F6O. The number of ether oxygens (including phenoxy) is 1. The van der Waals surface area contributed by atoms with Crippen LogP contribution >= 0.6 is 0 Å². The lowest BCUT2D eigenvalue weighted by atomic mass is 9.75. The second-order valence-electron chi connectivity index (χ2n) is 11.8. The van der Waals surface area contributed by atoms with Crippen LogP contribution in [0.1, 0.15) is 111 Å². The molecule has 0 bridgehead atoms. The molecule has 0 amide bonds. The molecule has 3 aromatic rings. The lowest BCUT2D eigenvalue weighted by Gasteiger charge is -2.30. The molecule has 0 heterocycles. The summed E-state index contributed by atoms with van der Waals surface area (Å²) in [6, 6.07) is 9.53. The summed E-state index contributed by atoms with van der Waals surface area (Å²) in [6.45, 7) is 3.81. The van der Waals surface area contributed by atoms with Gasteiger partial charge in [-0.05, 0) is 123 Å². The van der Waals surface area contributed by atoms with Crippen LogP contribution in [0.2, 0.25) is 0 Å². The molecule has 1 saturated carbocycles. The first-order valence-electron chi connectivity index (χ1n) is 15.6. The Morgan fingerprint density at radius 1 is 0.682 bits per heavy atom. The summed E-state index contributed by atoms with van der Waals surface area (Å²) in [7, 11) is 0. The Morgan fingerprint density at radius 2 is 1.27 bits per heavy atom. The molecule has 0 aromatic heterocycles. The first-order chi connectivity index (χ1) is 21.2. The van der Waals surface area contributed by atoms with Gasteiger partial charge in [0.2, 0.25) is 5.82 Å². The highest BCUT2D eigenvalue weighted by Gasteiger charge is 2.31. The monoisotopic (exact) mass is 612 g/mol. The van der Waals surface area contributed by atoms with E-state index >= 15 is 8.78 Å². The number of allylic oxidation sites excluding steroid dienone is 4. The molecule has 0 radical (unpaired) electrons. The van der Waals surface area contributed by atoms with Gasteiger partial charge < -0.3 is 4.74 Å². The Hall–Kier alpha value is -3.48. The van der Waals surface area contributed by atoms with E-state index in [0.717, 1.165) is 0 Å². The van der Waals surface area contributed by atoms with Gasteiger partial charge in [-0.25, -0.2) is 22.0 Å². The van der Waals surface area contributed by atoms with E-state index in [2.05, 4.69) is 0 Å². The molecule has 7 heteroatoms. The Morgan fingerprint density at radius 3 is 1.84 bits per heavy atom. The van der Waals surface area contributed by atoms with E-state index in [9.17, 15) is 17.6 Å². The van der Waals surface area contributed by atoms with Crippen LogP contribution in [0.15, 0.2) is 54.6 Å². The molecule has 3 aromatic carbocycles. The van der Waals surface area contributed by atoms with Gasteiger partial charge in [0.1, 0.15) is 0 Å². The van der Waals surface area contributed by atoms with E-state index in [1.807, 2.05) is 19.1 Å². The zero-order valence-corrected chi connectivity index (χ0v) is 25.2. The first kappa shape index (κ1) is 31.9. The number of rotatable bonds is 9. The van der Waals surface area contributed by atoms with Crippen LogP contribution < -0.4 is 4.74 Å². The van der Waals surface area contributed by atoms with E-state index in [1.165, 1.54) is 6.07 Å². The molecule has 5 rings (SSSR count). The molecule has 1 nitrogen and oxygen atoms in total. The first-order valence-corrected chi connectivity index (χ1v) is 15.6. The van der Waals surface area contributed by atoms with Crippen molar-refractivity contribution >= 4 is 5.57 Å². The molecule has 0 spiro atoms. The van der Waals surface area contributed by atoms with Crippen molar-refractivity contribution in [1.29, 1.82) is 0 Å². The second kappa shape index (κ2) is 14.1. The second-order valence-corrected chi connectivity index (χ2v) is 11.8. The topological polar surface area (TPSA) is 9.23 Å². The van der Waals surface area contributed by atoms with Gasteiger partial charge in [0.15, 0.2) is 34.8 Å². The van der Waals surface area contributed by atoms with Crippen molar-refractivity contribution < 1.29 is 31.1 Å². The van der Waals surface area contributed by atoms with Gasteiger partial charge in [-0.15, -0.1) is 0 Å². The molecule has 2 aliphatic carbocycles. The lowest BCUT2D eigenvalue weighted by molar-refractivity contribution is 0.310. The molecule has 2 aliphatic rings. The van der Waals surface area contributed by atoms with E-state index in [0.29, 0.717) is 80.1 Å². The van der Waals surface area contributed by atoms with Crippen molar-refractivity contribution in [3.8, 4) is 5.75 Å². The normalized spacial score (nSPS) is 20.6. The minimum atomic E-state index is -0.995. The van der Waals surface area contributed by atoms with E-state index < -0.39 is 34.9 Å². The number of hydrogen-bond acceptors (Lipinski definition) is 1. The average Bonchev–Trinajstić information content (AvgIpc) is 3.03. The third kappa shape index (κ3) is 6.47. The Bertz CT molecular complexity index is 1550. The number of aryl methyl sites for hydroxylation is 1. The smallest absolute Gasteiger partial charge is 0.200 e. The van der Waals surface area contributed by atoms with Crippen molar-refractivity contribution in [2.24, 2.45) is 0 Å². The largest absolute Gasteiger partial charge is 0.491 e.